The number of thiophene rings is 1. The predicted octanol–water partition coefficient (Wildman–Crippen LogP) is 5.31. The molecule has 1 N–H and O–H groups in total. The highest BCUT2D eigenvalue weighted by Gasteiger charge is 2.25. The van der Waals surface area contributed by atoms with Crippen LogP contribution in [0.2, 0.25) is 0 Å². The molecule has 31 heavy (non-hydrogen) atoms. The zero-order chi connectivity index (χ0) is 22.4. The average molecular weight is 440 g/mol. The molecule has 0 unspecified atom stereocenters. The topological polar surface area (TPSA) is 73.9 Å². The average Bonchev–Trinajstić information content (AvgIpc) is 3.18. The zero-order valence-corrected chi connectivity index (χ0v) is 18.7. The summed E-state index contributed by atoms with van der Waals surface area (Å²) >= 11 is 1.28. The van der Waals surface area contributed by atoms with Gasteiger partial charge in [0.15, 0.2) is 17.6 Å². The van der Waals surface area contributed by atoms with Gasteiger partial charge in [0.1, 0.15) is 10.6 Å². The van der Waals surface area contributed by atoms with Gasteiger partial charge in [-0.3, -0.25) is 4.79 Å². The van der Waals surface area contributed by atoms with Crippen LogP contribution >= 0.6 is 11.3 Å². The van der Waals surface area contributed by atoms with Crippen molar-refractivity contribution in [2.24, 2.45) is 0 Å². The van der Waals surface area contributed by atoms with Crippen LogP contribution in [-0.2, 0) is 9.53 Å². The van der Waals surface area contributed by atoms with E-state index in [0.717, 1.165) is 16.7 Å². The summed E-state index contributed by atoms with van der Waals surface area (Å²) in [6, 6.07) is 14.9. The van der Waals surface area contributed by atoms with E-state index in [2.05, 4.69) is 5.32 Å². The van der Waals surface area contributed by atoms with Gasteiger partial charge in [0, 0.05) is 10.9 Å². The summed E-state index contributed by atoms with van der Waals surface area (Å²) in [5.74, 6) is 0.138. The van der Waals surface area contributed by atoms with Crippen molar-refractivity contribution in [3.8, 4) is 22.6 Å². The fraction of sp³-hybridized carbons (Fsp3) is 0.250. The van der Waals surface area contributed by atoms with Gasteiger partial charge in [-0.2, -0.15) is 0 Å². The minimum absolute atomic E-state index is 0.239. The lowest BCUT2D eigenvalue weighted by molar-refractivity contribution is -0.122. The second-order valence-corrected chi connectivity index (χ2v) is 7.72. The number of ether oxygens (including phenoxy) is 3. The van der Waals surface area contributed by atoms with Crippen LogP contribution in [-0.4, -0.2) is 31.7 Å². The van der Waals surface area contributed by atoms with Crippen molar-refractivity contribution in [2.75, 3.05) is 19.0 Å². The number of hydrogen-bond donors (Lipinski definition) is 1. The van der Waals surface area contributed by atoms with Gasteiger partial charge >= 0.3 is 5.97 Å². The van der Waals surface area contributed by atoms with E-state index in [1.165, 1.54) is 18.4 Å². The van der Waals surface area contributed by atoms with Crippen LogP contribution in [0.1, 0.15) is 29.8 Å². The van der Waals surface area contributed by atoms with Gasteiger partial charge in [0.05, 0.1) is 13.7 Å². The van der Waals surface area contributed by atoms with Crippen molar-refractivity contribution in [3.63, 3.8) is 0 Å². The Kier molecular flexibility index (Phi) is 7.31. The second-order valence-electron chi connectivity index (χ2n) is 6.84. The predicted molar refractivity (Wildman–Crippen MR) is 122 cm³/mol. The number of aryl methyl sites for hydroxylation is 1. The Hall–Kier alpha value is -3.32. The standard InChI is InChI=1S/C24H25NO5S/c1-5-29-24(27)21-18(17-12-10-15(2)11-13-17)14-31-23(21)25-22(26)16(3)30-20-9-7-6-8-19(20)28-4/h6-14,16H,5H2,1-4H3,(H,25,26)/t16-/m0/s1. The molecule has 3 rings (SSSR count). The molecular formula is C24H25NO5S. The van der Waals surface area contributed by atoms with Gasteiger partial charge in [0.2, 0.25) is 0 Å². The molecule has 0 spiro atoms. The quantitative estimate of drug-likeness (QED) is 0.481. The lowest BCUT2D eigenvalue weighted by Gasteiger charge is -2.16. The number of hydrogen-bond acceptors (Lipinski definition) is 6. The number of nitrogens with one attached hydrogen (secondary N) is 1. The van der Waals surface area contributed by atoms with Gasteiger partial charge in [-0.15, -0.1) is 11.3 Å². The van der Waals surface area contributed by atoms with Crippen LogP contribution in [0.15, 0.2) is 53.9 Å². The lowest BCUT2D eigenvalue weighted by Crippen LogP contribution is -2.30. The SMILES string of the molecule is CCOC(=O)c1c(-c2ccc(C)cc2)csc1NC(=O)[C@H](C)Oc1ccccc1OC. The molecule has 1 heterocycles. The molecule has 1 atom stereocenters. The zero-order valence-electron chi connectivity index (χ0n) is 17.9. The highest BCUT2D eigenvalue weighted by molar-refractivity contribution is 7.15. The van der Waals surface area contributed by atoms with E-state index >= 15 is 0 Å². The number of anilines is 1. The molecule has 0 fully saturated rings. The number of benzene rings is 2. The van der Waals surface area contributed by atoms with E-state index < -0.39 is 12.1 Å². The number of carbonyl (C=O) groups is 2. The molecule has 0 aliphatic heterocycles. The van der Waals surface area contributed by atoms with E-state index in [1.807, 2.05) is 42.6 Å². The highest BCUT2D eigenvalue weighted by Crippen LogP contribution is 2.36. The van der Waals surface area contributed by atoms with Crippen molar-refractivity contribution in [1.82, 2.24) is 0 Å². The van der Waals surface area contributed by atoms with Crippen molar-refractivity contribution >= 4 is 28.2 Å². The minimum atomic E-state index is -0.809. The summed E-state index contributed by atoms with van der Waals surface area (Å²) in [5.41, 5.74) is 3.06. The van der Waals surface area contributed by atoms with Crippen LogP contribution in [0.5, 0.6) is 11.5 Å². The molecule has 1 aromatic heterocycles. The van der Waals surface area contributed by atoms with Gasteiger partial charge in [0.25, 0.3) is 5.91 Å². The van der Waals surface area contributed by atoms with E-state index in [0.29, 0.717) is 22.1 Å². The Labute approximate surface area is 185 Å². The molecule has 7 heteroatoms. The molecule has 0 saturated carbocycles. The largest absolute Gasteiger partial charge is 0.493 e. The number of carbonyl (C=O) groups excluding carboxylic acids is 2. The van der Waals surface area contributed by atoms with Gasteiger partial charge in [-0.25, -0.2) is 4.79 Å². The third-order valence-electron chi connectivity index (χ3n) is 4.61. The Bertz CT molecular complexity index is 1060. The van der Waals surface area contributed by atoms with Crippen LogP contribution in [0, 0.1) is 6.92 Å². The molecule has 0 radical (unpaired) electrons. The van der Waals surface area contributed by atoms with Crippen LogP contribution < -0.4 is 14.8 Å². The number of methoxy groups -OCH3 is 1. The van der Waals surface area contributed by atoms with Crippen LogP contribution in [0.25, 0.3) is 11.1 Å². The molecule has 6 nitrogen and oxygen atoms in total. The third kappa shape index (κ3) is 5.24. The van der Waals surface area contributed by atoms with E-state index in [4.69, 9.17) is 14.2 Å². The first-order valence-corrected chi connectivity index (χ1v) is 10.8. The summed E-state index contributed by atoms with van der Waals surface area (Å²) in [6.45, 7) is 5.62. The maximum Gasteiger partial charge on any atom is 0.341 e. The summed E-state index contributed by atoms with van der Waals surface area (Å²) < 4.78 is 16.3. The monoisotopic (exact) mass is 439 g/mol. The molecule has 2 aromatic carbocycles. The molecule has 0 bridgehead atoms. The maximum absolute atomic E-state index is 12.8. The Balaban J connectivity index is 1.85. The third-order valence-corrected chi connectivity index (χ3v) is 5.51. The second kappa shape index (κ2) is 10.1. The fourth-order valence-electron chi connectivity index (χ4n) is 2.98. The molecule has 1 amide bonds. The summed E-state index contributed by atoms with van der Waals surface area (Å²) in [6.07, 6.45) is -0.809. The number of para-hydroxylation sites is 2. The molecule has 0 aliphatic rings. The molecule has 0 aliphatic carbocycles. The number of amides is 1. The lowest BCUT2D eigenvalue weighted by atomic mass is 10.0. The highest BCUT2D eigenvalue weighted by atomic mass is 32.1. The van der Waals surface area contributed by atoms with Crippen molar-refractivity contribution < 1.29 is 23.8 Å². The normalized spacial score (nSPS) is 11.5. The van der Waals surface area contributed by atoms with E-state index in [1.54, 1.807) is 32.0 Å². The van der Waals surface area contributed by atoms with Crippen LogP contribution in [0.4, 0.5) is 5.00 Å². The van der Waals surface area contributed by atoms with E-state index in [9.17, 15) is 9.59 Å². The Morgan fingerprint density at radius 3 is 2.39 bits per heavy atom. The first-order valence-electron chi connectivity index (χ1n) is 9.90. The van der Waals surface area contributed by atoms with Crippen molar-refractivity contribution in [2.45, 2.75) is 26.9 Å². The van der Waals surface area contributed by atoms with Gasteiger partial charge < -0.3 is 19.5 Å². The summed E-state index contributed by atoms with van der Waals surface area (Å²) in [7, 11) is 1.54. The van der Waals surface area contributed by atoms with Gasteiger partial charge in [-0.1, -0.05) is 42.0 Å². The first-order chi connectivity index (χ1) is 14.9. The number of esters is 1. The Morgan fingerprint density at radius 2 is 1.74 bits per heavy atom. The minimum Gasteiger partial charge on any atom is -0.493 e. The van der Waals surface area contributed by atoms with Crippen LogP contribution in [0.3, 0.4) is 0 Å². The maximum atomic E-state index is 12.8. The first kappa shape index (κ1) is 22.4. The number of rotatable bonds is 8. The smallest absolute Gasteiger partial charge is 0.341 e. The van der Waals surface area contributed by atoms with E-state index in [-0.39, 0.29) is 12.5 Å². The van der Waals surface area contributed by atoms with Crippen molar-refractivity contribution in [1.29, 1.82) is 0 Å². The summed E-state index contributed by atoms with van der Waals surface area (Å²) in [4.78, 5) is 25.5. The molecular weight excluding hydrogens is 414 g/mol. The van der Waals surface area contributed by atoms with Gasteiger partial charge in [-0.05, 0) is 38.5 Å². The van der Waals surface area contributed by atoms with Crippen molar-refractivity contribution in [3.05, 3.63) is 65.0 Å². The molecule has 3 aromatic rings. The fourth-order valence-corrected chi connectivity index (χ4v) is 3.94. The molecule has 162 valence electrons. The summed E-state index contributed by atoms with van der Waals surface area (Å²) in [5, 5.41) is 5.09. The Morgan fingerprint density at radius 1 is 1.06 bits per heavy atom. The molecule has 0 saturated heterocycles.